The van der Waals surface area contributed by atoms with Gasteiger partial charge in [0, 0.05) is 77.7 Å². The minimum absolute atomic E-state index is 0.131. The van der Waals surface area contributed by atoms with Crippen molar-refractivity contribution < 1.29 is 9.53 Å². The van der Waals surface area contributed by atoms with Gasteiger partial charge in [0.2, 0.25) is 5.95 Å². The molecule has 5 heterocycles. The van der Waals surface area contributed by atoms with Crippen LogP contribution in [-0.2, 0) is 17.7 Å². The number of H-pyrrole nitrogens is 1. The molecule has 3 aliphatic heterocycles. The van der Waals surface area contributed by atoms with E-state index in [4.69, 9.17) is 9.72 Å². The van der Waals surface area contributed by atoms with Gasteiger partial charge < -0.3 is 39.5 Å². The Morgan fingerprint density at radius 1 is 0.949 bits per heavy atom. The molecule has 2 N–H and O–H groups in total. The summed E-state index contributed by atoms with van der Waals surface area (Å²) in [4.78, 5) is 40.5. The molecule has 206 valence electrons. The van der Waals surface area contributed by atoms with Gasteiger partial charge in [-0.05, 0) is 24.3 Å². The summed E-state index contributed by atoms with van der Waals surface area (Å²) in [6.45, 7) is 7.29. The number of aromatic amines is 1. The van der Waals surface area contributed by atoms with Crippen LogP contribution in [0.1, 0.15) is 11.4 Å². The van der Waals surface area contributed by atoms with Crippen molar-refractivity contribution >= 4 is 34.9 Å². The molecule has 3 aromatic rings. The average Bonchev–Trinajstić information content (AvgIpc) is 3.46. The van der Waals surface area contributed by atoms with Crippen LogP contribution in [0.25, 0.3) is 0 Å². The summed E-state index contributed by atoms with van der Waals surface area (Å²) >= 11 is 0. The molecule has 3 aliphatic rings. The van der Waals surface area contributed by atoms with E-state index in [0.717, 1.165) is 80.0 Å². The van der Waals surface area contributed by atoms with E-state index in [-0.39, 0.29) is 6.03 Å². The third kappa shape index (κ3) is 5.42. The first-order valence-electron chi connectivity index (χ1n) is 13.6. The average molecular weight is 533 g/mol. The number of carbonyl (C=O) groups excluding carboxylic acids is 1. The van der Waals surface area contributed by atoms with E-state index in [2.05, 4.69) is 54.3 Å². The Bertz CT molecular complexity index is 1280. The summed E-state index contributed by atoms with van der Waals surface area (Å²) in [5, 5.41) is 3.38. The van der Waals surface area contributed by atoms with E-state index in [1.807, 2.05) is 35.0 Å². The molecule has 12 heteroatoms. The van der Waals surface area contributed by atoms with Crippen LogP contribution in [0.5, 0.6) is 0 Å². The maximum absolute atomic E-state index is 12.8. The molecule has 0 unspecified atom stereocenters. The molecule has 2 aromatic heterocycles. The Hall–Kier alpha value is -4.06. The normalized spacial score (nSPS) is 17.7. The summed E-state index contributed by atoms with van der Waals surface area (Å²) < 4.78 is 5.38. The lowest BCUT2D eigenvalue weighted by atomic mass is 10.1. The molecule has 2 saturated heterocycles. The number of hydrogen-bond donors (Lipinski definition) is 2. The second-order valence-corrected chi connectivity index (χ2v) is 10.3. The fourth-order valence-electron chi connectivity index (χ4n) is 5.36. The van der Waals surface area contributed by atoms with Crippen LogP contribution in [-0.4, -0.2) is 109 Å². The van der Waals surface area contributed by atoms with Crippen LogP contribution in [0.2, 0.25) is 0 Å². The molecule has 0 spiro atoms. The van der Waals surface area contributed by atoms with Crippen molar-refractivity contribution in [2.24, 2.45) is 0 Å². The summed E-state index contributed by atoms with van der Waals surface area (Å²) in [5.74, 6) is 1.47. The first-order chi connectivity index (χ1) is 19.0. The Morgan fingerprint density at radius 3 is 2.44 bits per heavy atom. The van der Waals surface area contributed by atoms with Crippen molar-refractivity contribution in [2.75, 3.05) is 93.1 Å². The topological polar surface area (TPSA) is 109 Å². The number of anilines is 5. The highest BCUT2D eigenvalue weighted by Crippen LogP contribution is 2.31. The number of amides is 2. The van der Waals surface area contributed by atoms with Crippen LogP contribution in [0.4, 0.5) is 33.6 Å². The predicted octanol–water partition coefficient (Wildman–Crippen LogP) is 2.15. The molecule has 2 fully saturated rings. The number of piperazine rings is 1. The third-order valence-electron chi connectivity index (χ3n) is 7.63. The summed E-state index contributed by atoms with van der Waals surface area (Å²) in [6.07, 6.45) is 4.53. The first-order valence-corrected chi connectivity index (χ1v) is 13.6. The van der Waals surface area contributed by atoms with Crippen molar-refractivity contribution in [1.82, 2.24) is 29.7 Å². The van der Waals surface area contributed by atoms with E-state index in [9.17, 15) is 4.79 Å². The first kappa shape index (κ1) is 25.2. The lowest BCUT2D eigenvalue weighted by molar-refractivity contribution is 0.0428. The van der Waals surface area contributed by atoms with Gasteiger partial charge in [-0.1, -0.05) is 0 Å². The molecule has 0 saturated carbocycles. The van der Waals surface area contributed by atoms with E-state index in [1.54, 1.807) is 6.33 Å². The standard InChI is InChI=1S/C27H36N10O2/c1-33(2)24-17-28-26(32-25(24)37-8-7-22-23(18-37)30-19-29-22)31-20-3-5-21(6-4-20)34-9-11-35(12-10-34)27(38)36-13-15-39-16-14-36/h3-6,17,19H,7-16,18H2,1-2H3,(H,29,30)(H,28,31,32). The minimum Gasteiger partial charge on any atom is -0.378 e. The number of hydrogen-bond acceptors (Lipinski definition) is 9. The fourth-order valence-corrected chi connectivity index (χ4v) is 5.36. The summed E-state index contributed by atoms with van der Waals surface area (Å²) in [5.41, 5.74) is 5.33. The number of ether oxygens (including phenoxy) is 1. The van der Waals surface area contributed by atoms with Gasteiger partial charge in [0.1, 0.15) is 0 Å². The number of aromatic nitrogens is 4. The molecule has 1 aromatic carbocycles. The number of nitrogens with zero attached hydrogens (tertiary/aromatic N) is 8. The van der Waals surface area contributed by atoms with Crippen molar-refractivity contribution in [2.45, 2.75) is 13.0 Å². The number of rotatable bonds is 5. The van der Waals surface area contributed by atoms with Gasteiger partial charge >= 0.3 is 6.03 Å². The van der Waals surface area contributed by atoms with Gasteiger partial charge in [-0.3, -0.25) is 0 Å². The summed E-state index contributed by atoms with van der Waals surface area (Å²) in [7, 11) is 4.02. The predicted molar refractivity (Wildman–Crippen MR) is 151 cm³/mol. The Morgan fingerprint density at radius 2 is 1.69 bits per heavy atom. The SMILES string of the molecule is CN(C)c1cnc(Nc2ccc(N3CCN(C(=O)N4CCOCC4)CC3)cc2)nc1N1CCc2nc[nH]c2C1. The summed E-state index contributed by atoms with van der Waals surface area (Å²) in [6, 6.07) is 8.47. The highest BCUT2D eigenvalue weighted by atomic mass is 16.5. The number of nitrogens with one attached hydrogen (secondary N) is 2. The number of imidazole rings is 1. The zero-order chi connectivity index (χ0) is 26.8. The van der Waals surface area contributed by atoms with Gasteiger partial charge in [-0.15, -0.1) is 0 Å². The van der Waals surface area contributed by atoms with Crippen LogP contribution < -0.4 is 20.0 Å². The zero-order valence-corrected chi connectivity index (χ0v) is 22.6. The molecule has 0 radical (unpaired) electrons. The van der Waals surface area contributed by atoms with E-state index >= 15 is 0 Å². The van der Waals surface area contributed by atoms with Crippen molar-refractivity contribution in [1.29, 1.82) is 0 Å². The maximum Gasteiger partial charge on any atom is 0.320 e. The van der Waals surface area contributed by atoms with Crippen LogP contribution in [0.15, 0.2) is 36.8 Å². The van der Waals surface area contributed by atoms with Gasteiger partial charge in [-0.2, -0.15) is 4.98 Å². The Labute approximate surface area is 228 Å². The molecule has 39 heavy (non-hydrogen) atoms. The van der Waals surface area contributed by atoms with Crippen LogP contribution in [0.3, 0.4) is 0 Å². The number of urea groups is 1. The highest BCUT2D eigenvalue weighted by Gasteiger charge is 2.27. The monoisotopic (exact) mass is 532 g/mol. The van der Waals surface area contributed by atoms with E-state index < -0.39 is 0 Å². The largest absolute Gasteiger partial charge is 0.378 e. The van der Waals surface area contributed by atoms with Gasteiger partial charge in [0.15, 0.2) is 5.82 Å². The molecule has 0 aliphatic carbocycles. The molecular formula is C27H36N10O2. The molecule has 2 amide bonds. The van der Waals surface area contributed by atoms with Crippen molar-refractivity contribution in [3.63, 3.8) is 0 Å². The molecule has 0 bridgehead atoms. The number of benzene rings is 1. The van der Waals surface area contributed by atoms with Crippen molar-refractivity contribution in [3.05, 3.63) is 48.2 Å². The third-order valence-corrected chi connectivity index (χ3v) is 7.63. The lowest BCUT2D eigenvalue weighted by Crippen LogP contribution is -2.54. The van der Waals surface area contributed by atoms with E-state index in [0.29, 0.717) is 32.3 Å². The second-order valence-electron chi connectivity index (χ2n) is 10.3. The quantitative estimate of drug-likeness (QED) is 0.511. The zero-order valence-electron chi connectivity index (χ0n) is 22.6. The molecule has 0 atom stereocenters. The fraction of sp³-hybridized carbons (Fsp3) is 0.481. The number of fused-ring (bicyclic) bond motifs is 1. The smallest absolute Gasteiger partial charge is 0.320 e. The number of carbonyl (C=O) groups is 1. The second kappa shape index (κ2) is 11.0. The molecule has 12 nitrogen and oxygen atoms in total. The number of morpholine rings is 1. The van der Waals surface area contributed by atoms with Crippen molar-refractivity contribution in [3.8, 4) is 0 Å². The van der Waals surface area contributed by atoms with Gasteiger partial charge in [0.05, 0.1) is 49.4 Å². The molecule has 6 rings (SSSR count). The Kier molecular flexibility index (Phi) is 7.10. The van der Waals surface area contributed by atoms with Crippen LogP contribution in [0, 0.1) is 0 Å². The van der Waals surface area contributed by atoms with Crippen LogP contribution >= 0.6 is 0 Å². The van der Waals surface area contributed by atoms with Gasteiger partial charge in [0.25, 0.3) is 0 Å². The highest BCUT2D eigenvalue weighted by molar-refractivity contribution is 5.75. The minimum atomic E-state index is 0.131. The van der Waals surface area contributed by atoms with E-state index in [1.165, 1.54) is 0 Å². The van der Waals surface area contributed by atoms with Gasteiger partial charge in [-0.25, -0.2) is 14.8 Å². The lowest BCUT2D eigenvalue weighted by Gasteiger charge is -2.39. The Balaban J connectivity index is 1.09. The molecular weight excluding hydrogens is 496 g/mol. The maximum atomic E-state index is 12.8.